The normalized spacial score (nSPS) is 21.5. The van der Waals surface area contributed by atoms with Gasteiger partial charge in [-0.05, 0) is 68.8 Å². The molecule has 166 valence electrons. The van der Waals surface area contributed by atoms with Gasteiger partial charge in [0.25, 0.3) is 0 Å². The number of alkyl halides is 3. The summed E-state index contributed by atoms with van der Waals surface area (Å²) in [5.41, 5.74) is 1.07. The standard InChI is InChI=1S/C19H25FN2O.C2HF3O2/c20-17-5-3-15(4-6-17)13-21-10-7-19(8-11-21)9-12-22(18(19)23)14-16-1-2-16;3-2(4,5)1(6)7/h3-6,16H,1-2,7-14H2;(H,6,7). The lowest BCUT2D eigenvalue weighted by molar-refractivity contribution is -0.192. The molecule has 2 saturated heterocycles. The largest absolute Gasteiger partial charge is 0.490 e. The molecule has 0 bridgehead atoms. The third-order valence-corrected chi connectivity index (χ3v) is 6.15. The topological polar surface area (TPSA) is 60.9 Å². The molecular weight excluding hydrogens is 404 g/mol. The molecule has 0 radical (unpaired) electrons. The number of nitrogens with zero attached hydrogens (tertiary/aromatic N) is 2. The Morgan fingerprint density at radius 2 is 1.60 bits per heavy atom. The van der Waals surface area contributed by atoms with E-state index in [0.29, 0.717) is 5.91 Å². The highest BCUT2D eigenvalue weighted by Crippen LogP contribution is 2.43. The van der Waals surface area contributed by atoms with Gasteiger partial charge in [-0.25, -0.2) is 9.18 Å². The van der Waals surface area contributed by atoms with Gasteiger partial charge in [-0.15, -0.1) is 0 Å². The molecule has 1 amide bonds. The average Bonchev–Trinajstić information content (AvgIpc) is 3.46. The molecule has 1 N–H and O–H groups in total. The minimum absolute atomic E-state index is 0.0752. The molecule has 30 heavy (non-hydrogen) atoms. The Morgan fingerprint density at radius 3 is 2.10 bits per heavy atom. The second kappa shape index (κ2) is 8.91. The van der Waals surface area contributed by atoms with Crippen LogP contribution in [-0.4, -0.2) is 59.1 Å². The van der Waals surface area contributed by atoms with Crippen LogP contribution < -0.4 is 0 Å². The smallest absolute Gasteiger partial charge is 0.475 e. The first kappa shape index (κ1) is 22.5. The van der Waals surface area contributed by atoms with Crippen LogP contribution in [-0.2, 0) is 16.1 Å². The van der Waals surface area contributed by atoms with Crippen LogP contribution in [0.5, 0.6) is 0 Å². The zero-order valence-electron chi connectivity index (χ0n) is 16.6. The van der Waals surface area contributed by atoms with E-state index in [0.717, 1.165) is 63.5 Å². The van der Waals surface area contributed by atoms with Gasteiger partial charge < -0.3 is 10.0 Å². The summed E-state index contributed by atoms with van der Waals surface area (Å²) < 4.78 is 44.7. The van der Waals surface area contributed by atoms with Crippen molar-refractivity contribution in [3.63, 3.8) is 0 Å². The molecule has 5 nitrogen and oxygen atoms in total. The molecule has 0 unspecified atom stereocenters. The third-order valence-electron chi connectivity index (χ3n) is 6.15. The van der Waals surface area contributed by atoms with Gasteiger partial charge >= 0.3 is 12.1 Å². The van der Waals surface area contributed by atoms with Gasteiger partial charge in [0, 0.05) is 19.6 Å². The van der Waals surface area contributed by atoms with Crippen molar-refractivity contribution >= 4 is 11.9 Å². The predicted octanol–water partition coefficient (Wildman–Crippen LogP) is 3.68. The highest BCUT2D eigenvalue weighted by Gasteiger charge is 2.48. The molecule has 9 heteroatoms. The van der Waals surface area contributed by atoms with E-state index in [4.69, 9.17) is 9.90 Å². The summed E-state index contributed by atoms with van der Waals surface area (Å²) in [6, 6.07) is 6.77. The lowest BCUT2D eigenvalue weighted by Gasteiger charge is -2.38. The number of hydrogen-bond acceptors (Lipinski definition) is 3. The van der Waals surface area contributed by atoms with Crippen LogP contribution in [0.25, 0.3) is 0 Å². The van der Waals surface area contributed by atoms with Gasteiger partial charge in [0.2, 0.25) is 5.91 Å². The third kappa shape index (κ3) is 5.71. The number of likely N-dealkylation sites (tertiary alicyclic amines) is 2. The Balaban J connectivity index is 0.000000318. The number of hydrogen-bond donors (Lipinski definition) is 1. The molecular formula is C21H26F4N2O3. The first-order chi connectivity index (χ1) is 14.1. The Morgan fingerprint density at radius 1 is 1.07 bits per heavy atom. The molecule has 2 aliphatic heterocycles. The number of aliphatic carboxylic acids is 1. The molecule has 1 aromatic rings. The van der Waals surface area contributed by atoms with Gasteiger partial charge in [-0.1, -0.05) is 12.1 Å². The van der Waals surface area contributed by atoms with E-state index in [2.05, 4.69) is 9.80 Å². The summed E-state index contributed by atoms with van der Waals surface area (Å²) in [6.07, 6.45) is 0.537. The lowest BCUT2D eigenvalue weighted by atomic mass is 9.77. The second-order valence-electron chi connectivity index (χ2n) is 8.43. The molecule has 1 aromatic carbocycles. The van der Waals surface area contributed by atoms with Crippen molar-refractivity contribution in [2.45, 2.75) is 44.8 Å². The fourth-order valence-corrected chi connectivity index (χ4v) is 4.13. The van der Waals surface area contributed by atoms with Crippen molar-refractivity contribution in [3.8, 4) is 0 Å². The Hall–Kier alpha value is -2.16. The van der Waals surface area contributed by atoms with Gasteiger partial charge in [-0.2, -0.15) is 13.2 Å². The van der Waals surface area contributed by atoms with E-state index in [9.17, 15) is 22.4 Å². The zero-order chi connectivity index (χ0) is 21.9. The number of rotatable bonds is 4. The number of carboxylic acids is 1. The predicted molar refractivity (Wildman–Crippen MR) is 101 cm³/mol. The van der Waals surface area contributed by atoms with Gasteiger partial charge in [0.05, 0.1) is 5.41 Å². The Labute approximate surface area is 172 Å². The van der Waals surface area contributed by atoms with E-state index in [1.54, 1.807) is 0 Å². The molecule has 1 aliphatic carbocycles. The molecule has 0 aromatic heterocycles. The molecule has 4 rings (SSSR count). The molecule has 1 spiro atoms. The summed E-state index contributed by atoms with van der Waals surface area (Å²) >= 11 is 0. The van der Waals surface area contributed by atoms with E-state index in [-0.39, 0.29) is 11.2 Å². The molecule has 2 heterocycles. The van der Waals surface area contributed by atoms with E-state index in [1.807, 2.05) is 12.1 Å². The van der Waals surface area contributed by atoms with Gasteiger partial charge in [0.15, 0.2) is 0 Å². The van der Waals surface area contributed by atoms with Crippen LogP contribution in [0.15, 0.2) is 24.3 Å². The highest BCUT2D eigenvalue weighted by molar-refractivity contribution is 5.85. The summed E-state index contributed by atoms with van der Waals surface area (Å²) in [5.74, 6) is -1.73. The fraction of sp³-hybridized carbons (Fsp3) is 0.619. The van der Waals surface area contributed by atoms with Crippen LogP contribution in [0, 0.1) is 17.2 Å². The highest BCUT2D eigenvalue weighted by atomic mass is 19.4. The lowest BCUT2D eigenvalue weighted by Crippen LogP contribution is -2.44. The van der Waals surface area contributed by atoms with Crippen molar-refractivity contribution in [2.75, 3.05) is 26.2 Å². The molecule has 3 fully saturated rings. The number of piperidine rings is 1. The molecule has 1 saturated carbocycles. The van der Waals surface area contributed by atoms with E-state index in [1.165, 1.54) is 25.0 Å². The van der Waals surface area contributed by atoms with Crippen LogP contribution in [0.4, 0.5) is 17.6 Å². The van der Waals surface area contributed by atoms with E-state index < -0.39 is 12.1 Å². The maximum atomic E-state index is 13.0. The first-order valence-electron chi connectivity index (χ1n) is 10.2. The summed E-state index contributed by atoms with van der Waals surface area (Å²) in [4.78, 5) is 26.2. The van der Waals surface area contributed by atoms with Crippen molar-refractivity contribution in [1.82, 2.24) is 9.80 Å². The van der Waals surface area contributed by atoms with Crippen LogP contribution in [0.1, 0.15) is 37.7 Å². The van der Waals surface area contributed by atoms with Crippen molar-refractivity contribution in [2.24, 2.45) is 11.3 Å². The van der Waals surface area contributed by atoms with Crippen molar-refractivity contribution < 1.29 is 32.3 Å². The number of carboxylic acid groups (broad SMARTS) is 1. The average molecular weight is 430 g/mol. The number of amides is 1. The van der Waals surface area contributed by atoms with Crippen LogP contribution >= 0.6 is 0 Å². The van der Waals surface area contributed by atoms with Crippen LogP contribution in [0.2, 0.25) is 0 Å². The van der Waals surface area contributed by atoms with Gasteiger partial charge in [0.1, 0.15) is 5.82 Å². The maximum absolute atomic E-state index is 13.0. The quantitative estimate of drug-likeness (QED) is 0.741. The Kier molecular flexibility index (Phi) is 6.69. The number of halogens is 4. The zero-order valence-corrected chi connectivity index (χ0v) is 16.6. The van der Waals surface area contributed by atoms with Crippen molar-refractivity contribution in [1.29, 1.82) is 0 Å². The molecule has 0 atom stereocenters. The summed E-state index contributed by atoms with van der Waals surface area (Å²) in [5, 5.41) is 7.12. The maximum Gasteiger partial charge on any atom is 0.490 e. The number of benzene rings is 1. The number of carbonyl (C=O) groups excluding carboxylic acids is 1. The summed E-state index contributed by atoms with van der Waals surface area (Å²) in [6.45, 7) is 4.77. The van der Waals surface area contributed by atoms with E-state index >= 15 is 0 Å². The monoisotopic (exact) mass is 430 g/mol. The molecule has 3 aliphatic rings. The second-order valence-corrected chi connectivity index (χ2v) is 8.43. The van der Waals surface area contributed by atoms with Gasteiger partial charge in [-0.3, -0.25) is 9.69 Å². The van der Waals surface area contributed by atoms with Crippen molar-refractivity contribution in [3.05, 3.63) is 35.6 Å². The minimum atomic E-state index is -5.08. The first-order valence-corrected chi connectivity index (χ1v) is 10.2. The minimum Gasteiger partial charge on any atom is -0.475 e. The fourth-order valence-electron chi connectivity index (χ4n) is 4.13. The van der Waals surface area contributed by atoms with Crippen LogP contribution in [0.3, 0.4) is 0 Å². The Bertz CT molecular complexity index is 755. The number of carbonyl (C=O) groups is 2. The SMILES string of the molecule is O=C(O)C(F)(F)F.O=C1N(CC2CC2)CCC12CCN(Cc1ccc(F)cc1)CC2. The summed E-state index contributed by atoms with van der Waals surface area (Å²) in [7, 11) is 0.